The van der Waals surface area contributed by atoms with Crippen LogP contribution in [0.4, 0.5) is 0 Å². The van der Waals surface area contributed by atoms with Crippen LogP contribution in [0.25, 0.3) is 0 Å². The molecule has 3 heterocycles. The number of aromatic nitrogens is 3. The first-order chi connectivity index (χ1) is 11.0. The Kier molecular flexibility index (Phi) is 4.67. The molecule has 0 unspecified atom stereocenters. The fourth-order valence-corrected chi connectivity index (χ4v) is 4.35. The van der Waals surface area contributed by atoms with Crippen LogP contribution in [0.1, 0.15) is 5.69 Å². The molecule has 2 aromatic heterocycles. The molecule has 2 aromatic rings. The average Bonchev–Trinajstić information content (AvgIpc) is 2.89. The van der Waals surface area contributed by atoms with Gasteiger partial charge in [-0.25, -0.2) is 13.4 Å². The highest BCUT2D eigenvalue weighted by Crippen LogP contribution is 2.23. The molecule has 0 radical (unpaired) electrons. The molecule has 3 rings (SSSR count). The van der Waals surface area contributed by atoms with E-state index < -0.39 is 10.0 Å². The summed E-state index contributed by atoms with van der Waals surface area (Å²) in [4.78, 5) is 10.4. The topological polar surface area (TPSA) is 71.3 Å². The third kappa shape index (κ3) is 3.40. The molecule has 0 amide bonds. The van der Waals surface area contributed by atoms with Gasteiger partial charge in [-0.15, -0.1) is 0 Å². The van der Waals surface area contributed by atoms with Gasteiger partial charge in [-0.2, -0.15) is 4.31 Å². The summed E-state index contributed by atoms with van der Waals surface area (Å²) in [6, 6.07) is 5.80. The van der Waals surface area contributed by atoms with Crippen molar-refractivity contribution in [2.24, 2.45) is 7.05 Å². The Morgan fingerprint density at radius 2 is 1.91 bits per heavy atom. The van der Waals surface area contributed by atoms with Gasteiger partial charge in [0.25, 0.3) is 10.0 Å². The maximum absolute atomic E-state index is 12.6. The molecule has 7 nitrogen and oxygen atoms in total. The highest BCUT2D eigenvalue weighted by Gasteiger charge is 2.32. The van der Waals surface area contributed by atoms with Crippen molar-refractivity contribution in [1.82, 2.24) is 23.7 Å². The van der Waals surface area contributed by atoms with Crippen molar-refractivity contribution in [3.8, 4) is 0 Å². The number of sulfonamides is 1. The van der Waals surface area contributed by atoms with E-state index in [-0.39, 0.29) is 10.2 Å². The van der Waals surface area contributed by atoms with Crippen LogP contribution in [0, 0.1) is 0 Å². The Bertz CT molecular complexity index is 770. The van der Waals surface area contributed by atoms with Crippen molar-refractivity contribution in [2.45, 2.75) is 11.6 Å². The summed E-state index contributed by atoms with van der Waals surface area (Å²) in [5.74, 6) is 0. The van der Waals surface area contributed by atoms with Crippen molar-refractivity contribution in [2.75, 3.05) is 26.2 Å². The molecule has 0 aromatic carbocycles. The maximum atomic E-state index is 12.6. The van der Waals surface area contributed by atoms with Crippen molar-refractivity contribution in [3.63, 3.8) is 0 Å². The molecule has 1 aliphatic heterocycles. The summed E-state index contributed by atoms with van der Waals surface area (Å²) in [7, 11) is -1.98. The molecule has 0 spiro atoms. The lowest BCUT2D eigenvalue weighted by atomic mass is 10.3. The zero-order valence-corrected chi connectivity index (χ0v) is 14.3. The number of aryl methyl sites for hydroxylation is 1. The quantitative estimate of drug-likeness (QED) is 0.817. The highest BCUT2D eigenvalue weighted by atomic mass is 35.5. The van der Waals surface area contributed by atoms with Crippen LogP contribution < -0.4 is 0 Å². The molecular formula is C14H18ClN5O2S. The van der Waals surface area contributed by atoms with E-state index >= 15 is 0 Å². The summed E-state index contributed by atoms with van der Waals surface area (Å²) in [5.41, 5.74) is 0.983. The van der Waals surface area contributed by atoms with Gasteiger partial charge in [0.15, 0.2) is 0 Å². The number of imidazole rings is 1. The Labute approximate surface area is 140 Å². The van der Waals surface area contributed by atoms with E-state index in [9.17, 15) is 8.42 Å². The van der Waals surface area contributed by atoms with Gasteiger partial charge in [0, 0.05) is 46.0 Å². The molecule has 0 saturated carbocycles. The van der Waals surface area contributed by atoms with E-state index in [1.807, 2.05) is 18.2 Å². The molecule has 0 aliphatic carbocycles. The zero-order chi connectivity index (χ0) is 16.4. The van der Waals surface area contributed by atoms with Crippen LogP contribution in [0.2, 0.25) is 5.15 Å². The Hall–Kier alpha value is -1.48. The Balaban J connectivity index is 1.65. The minimum absolute atomic E-state index is 0.0696. The second-order valence-electron chi connectivity index (χ2n) is 5.45. The predicted molar refractivity (Wildman–Crippen MR) is 86.5 cm³/mol. The van der Waals surface area contributed by atoms with Gasteiger partial charge >= 0.3 is 0 Å². The number of nitrogens with zero attached hydrogens (tertiary/aromatic N) is 5. The Morgan fingerprint density at radius 1 is 1.17 bits per heavy atom. The summed E-state index contributed by atoms with van der Waals surface area (Å²) in [6.45, 7) is 2.86. The van der Waals surface area contributed by atoms with Gasteiger partial charge in [-0.05, 0) is 12.1 Å². The van der Waals surface area contributed by atoms with Crippen molar-refractivity contribution >= 4 is 21.6 Å². The maximum Gasteiger partial charge on any atom is 0.263 e. The molecule has 1 saturated heterocycles. The SMILES string of the molecule is Cn1cnc(S(=O)(=O)N2CCN(Cc3ccccn3)CC2)c1Cl. The smallest absolute Gasteiger partial charge is 0.263 e. The largest absolute Gasteiger partial charge is 0.324 e. The van der Waals surface area contributed by atoms with Gasteiger partial charge in [0.2, 0.25) is 5.03 Å². The third-order valence-electron chi connectivity index (χ3n) is 3.86. The van der Waals surface area contributed by atoms with Crippen LogP contribution in [0.3, 0.4) is 0 Å². The van der Waals surface area contributed by atoms with E-state index in [4.69, 9.17) is 11.6 Å². The van der Waals surface area contributed by atoms with Gasteiger partial charge in [-0.3, -0.25) is 9.88 Å². The minimum Gasteiger partial charge on any atom is -0.324 e. The summed E-state index contributed by atoms with van der Waals surface area (Å²) in [6.07, 6.45) is 3.17. The molecule has 124 valence electrons. The second-order valence-corrected chi connectivity index (χ2v) is 7.66. The average molecular weight is 356 g/mol. The van der Waals surface area contributed by atoms with Crippen molar-refractivity contribution in [1.29, 1.82) is 0 Å². The second kappa shape index (κ2) is 6.56. The zero-order valence-electron chi connectivity index (χ0n) is 12.8. The van der Waals surface area contributed by atoms with E-state index in [2.05, 4.69) is 14.9 Å². The van der Waals surface area contributed by atoms with Gasteiger partial charge in [0.05, 0.1) is 12.0 Å². The van der Waals surface area contributed by atoms with Crippen LogP contribution >= 0.6 is 11.6 Å². The Morgan fingerprint density at radius 3 is 2.48 bits per heavy atom. The molecule has 0 atom stereocenters. The summed E-state index contributed by atoms with van der Waals surface area (Å²) < 4.78 is 28.2. The first-order valence-corrected chi connectivity index (χ1v) is 9.09. The number of hydrogen-bond donors (Lipinski definition) is 0. The lowest BCUT2D eigenvalue weighted by molar-refractivity contribution is 0.179. The first-order valence-electron chi connectivity index (χ1n) is 7.28. The number of piperazine rings is 1. The van der Waals surface area contributed by atoms with Crippen LogP contribution in [-0.2, 0) is 23.6 Å². The van der Waals surface area contributed by atoms with E-state index in [1.165, 1.54) is 15.2 Å². The van der Waals surface area contributed by atoms with E-state index in [0.717, 1.165) is 12.2 Å². The molecule has 23 heavy (non-hydrogen) atoms. The highest BCUT2D eigenvalue weighted by molar-refractivity contribution is 7.89. The van der Waals surface area contributed by atoms with Gasteiger partial charge in [0.1, 0.15) is 5.15 Å². The van der Waals surface area contributed by atoms with Crippen LogP contribution in [0.15, 0.2) is 35.7 Å². The first kappa shape index (κ1) is 16.4. The number of pyridine rings is 1. The van der Waals surface area contributed by atoms with E-state index in [1.54, 1.807) is 13.2 Å². The number of halogens is 1. The van der Waals surface area contributed by atoms with Crippen molar-refractivity contribution < 1.29 is 8.42 Å². The van der Waals surface area contributed by atoms with E-state index in [0.29, 0.717) is 26.2 Å². The normalized spacial score (nSPS) is 17.5. The predicted octanol–water partition coefficient (Wildman–Crippen LogP) is 0.975. The monoisotopic (exact) mass is 355 g/mol. The molecular weight excluding hydrogens is 338 g/mol. The standard InChI is InChI=1S/C14H18ClN5O2S/c1-18-11-17-14(13(18)15)23(21,22)20-8-6-19(7-9-20)10-12-4-2-3-5-16-12/h2-5,11H,6-10H2,1H3. The van der Waals surface area contributed by atoms with Gasteiger partial charge in [-0.1, -0.05) is 17.7 Å². The molecule has 0 N–H and O–H groups in total. The number of hydrogen-bond acceptors (Lipinski definition) is 5. The summed E-state index contributed by atoms with van der Waals surface area (Å²) >= 11 is 6.02. The number of rotatable bonds is 4. The lowest BCUT2D eigenvalue weighted by Gasteiger charge is -2.33. The van der Waals surface area contributed by atoms with Crippen LogP contribution in [-0.4, -0.2) is 58.3 Å². The third-order valence-corrected chi connectivity index (χ3v) is 6.25. The fourth-order valence-electron chi connectivity index (χ4n) is 2.54. The summed E-state index contributed by atoms with van der Waals surface area (Å²) in [5, 5.41) is 0.0701. The molecule has 0 bridgehead atoms. The fraction of sp³-hybridized carbons (Fsp3) is 0.429. The minimum atomic E-state index is -3.64. The lowest BCUT2D eigenvalue weighted by Crippen LogP contribution is -2.48. The molecule has 1 aliphatic rings. The van der Waals surface area contributed by atoms with Gasteiger partial charge < -0.3 is 4.57 Å². The van der Waals surface area contributed by atoms with Crippen molar-refractivity contribution in [3.05, 3.63) is 41.6 Å². The molecule has 9 heteroatoms. The van der Waals surface area contributed by atoms with Crippen LogP contribution in [0.5, 0.6) is 0 Å². The molecule has 1 fully saturated rings.